The van der Waals surface area contributed by atoms with Crippen LogP contribution in [0.3, 0.4) is 0 Å². The van der Waals surface area contributed by atoms with Crippen LogP contribution in [0, 0.1) is 6.92 Å². The van der Waals surface area contributed by atoms with Crippen LogP contribution in [0.5, 0.6) is 5.88 Å². The summed E-state index contributed by atoms with van der Waals surface area (Å²) in [6.45, 7) is 2.53. The normalized spacial score (nSPS) is 10.5. The summed E-state index contributed by atoms with van der Waals surface area (Å²) in [5.74, 6) is 0.456. The van der Waals surface area contributed by atoms with Gasteiger partial charge in [-0.15, -0.1) is 11.3 Å². The van der Waals surface area contributed by atoms with Crippen LogP contribution >= 0.6 is 22.9 Å². The lowest BCUT2D eigenvalue weighted by Crippen LogP contribution is -2.03. The minimum absolute atomic E-state index is 0.342. The molecule has 2 aromatic rings. The Hall–Kier alpha value is -1.33. The van der Waals surface area contributed by atoms with Gasteiger partial charge in [-0.05, 0) is 13.0 Å². The third-order valence-electron chi connectivity index (χ3n) is 2.22. The largest absolute Gasteiger partial charge is 0.477 e. The molecule has 17 heavy (non-hydrogen) atoms. The van der Waals surface area contributed by atoms with Gasteiger partial charge in [-0.1, -0.05) is 11.6 Å². The van der Waals surface area contributed by atoms with Crippen LogP contribution in [0.4, 0.5) is 5.69 Å². The summed E-state index contributed by atoms with van der Waals surface area (Å²) in [7, 11) is 0. The third-order valence-corrected chi connectivity index (χ3v) is 3.41. The molecule has 90 valence electrons. The zero-order valence-corrected chi connectivity index (χ0v) is 10.9. The average Bonchev–Trinajstić information content (AvgIpc) is 2.63. The topological polar surface area (TPSA) is 61.0 Å². The first-order chi connectivity index (χ1) is 8.15. The fourth-order valence-electron chi connectivity index (χ4n) is 1.38. The van der Waals surface area contributed by atoms with E-state index in [1.54, 1.807) is 23.5 Å². The minimum Gasteiger partial charge on any atom is -0.477 e. The van der Waals surface area contributed by atoms with Gasteiger partial charge in [-0.3, -0.25) is 0 Å². The van der Waals surface area contributed by atoms with E-state index in [0.717, 1.165) is 12.1 Å². The fraction of sp³-hybridized carbons (Fsp3) is 0.273. The van der Waals surface area contributed by atoms with Crippen molar-refractivity contribution in [1.82, 2.24) is 9.97 Å². The van der Waals surface area contributed by atoms with Crippen molar-refractivity contribution in [2.45, 2.75) is 13.3 Å². The van der Waals surface area contributed by atoms with Crippen LogP contribution < -0.4 is 10.5 Å². The van der Waals surface area contributed by atoms with Crippen molar-refractivity contribution >= 4 is 28.6 Å². The fourth-order valence-corrected chi connectivity index (χ4v) is 2.35. The maximum Gasteiger partial charge on any atom is 0.216 e. The van der Waals surface area contributed by atoms with Gasteiger partial charge in [0.15, 0.2) is 0 Å². The molecule has 0 atom stereocenters. The Labute approximate surface area is 108 Å². The molecular weight excluding hydrogens is 258 g/mol. The smallest absolute Gasteiger partial charge is 0.216 e. The van der Waals surface area contributed by atoms with Gasteiger partial charge in [0.05, 0.1) is 17.8 Å². The van der Waals surface area contributed by atoms with Crippen molar-refractivity contribution < 1.29 is 4.74 Å². The van der Waals surface area contributed by atoms with Gasteiger partial charge < -0.3 is 10.5 Å². The number of nitrogen functional groups attached to an aromatic ring is 1. The van der Waals surface area contributed by atoms with E-state index in [1.165, 1.54) is 4.88 Å². The molecule has 2 rings (SSSR count). The average molecular weight is 270 g/mol. The molecule has 0 amide bonds. The predicted molar refractivity (Wildman–Crippen MR) is 69.7 cm³/mol. The number of rotatable bonds is 4. The van der Waals surface area contributed by atoms with E-state index < -0.39 is 0 Å². The first-order valence-corrected chi connectivity index (χ1v) is 6.36. The number of hydrogen-bond acceptors (Lipinski definition) is 5. The number of anilines is 1. The summed E-state index contributed by atoms with van der Waals surface area (Å²) in [6, 6.07) is 3.24. The van der Waals surface area contributed by atoms with E-state index in [2.05, 4.69) is 9.97 Å². The molecule has 0 aromatic carbocycles. The Morgan fingerprint density at radius 1 is 1.47 bits per heavy atom. The van der Waals surface area contributed by atoms with Gasteiger partial charge in [0, 0.05) is 23.1 Å². The first kappa shape index (κ1) is 12.1. The molecule has 0 unspecified atom stereocenters. The van der Waals surface area contributed by atoms with E-state index in [9.17, 15) is 0 Å². The van der Waals surface area contributed by atoms with Gasteiger partial charge in [0.2, 0.25) is 5.88 Å². The molecule has 0 fully saturated rings. The highest BCUT2D eigenvalue weighted by Gasteiger charge is 2.03. The van der Waals surface area contributed by atoms with E-state index in [4.69, 9.17) is 22.1 Å². The highest BCUT2D eigenvalue weighted by atomic mass is 35.5. The SMILES string of the molecule is Cc1ncsc1CCOc1cc(N)cc(Cl)n1. The summed E-state index contributed by atoms with van der Waals surface area (Å²) >= 11 is 7.40. The van der Waals surface area contributed by atoms with Crippen molar-refractivity contribution in [1.29, 1.82) is 0 Å². The van der Waals surface area contributed by atoms with Crippen LogP contribution in [0.25, 0.3) is 0 Å². The molecule has 4 nitrogen and oxygen atoms in total. The molecule has 0 bridgehead atoms. The number of aromatic nitrogens is 2. The second-order valence-electron chi connectivity index (χ2n) is 3.52. The van der Waals surface area contributed by atoms with Crippen molar-refractivity contribution in [3.8, 4) is 5.88 Å². The van der Waals surface area contributed by atoms with Gasteiger partial charge in [0.25, 0.3) is 0 Å². The Morgan fingerprint density at radius 2 is 2.29 bits per heavy atom. The molecule has 0 aliphatic heterocycles. The maximum absolute atomic E-state index is 5.77. The van der Waals surface area contributed by atoms with Crippen molar-refractivity contribution in [3.05, 3.63) is 33.4 Å². The summed E-state index contributed by atoms with van der Waals surface area (Å²) in [5, 5.41) is 0.342. The summed E-state index contributed by atoms with van der Waals surface area (Å²) < 4.78 is 5.50. The molecule has 6 heteroatoms. The van der Waals surface area contributed by atoms with E-state index in [0.29, 0.717) is 23.3 Å². The highest BCUT2D eigenvalue weighted by Crippen LogP contribution is 2.18. The maximum atomic E-state index is 5.77. The van der Waals surface area contributed by atoms with Gasteiger partial charge in [-0.25, -0.2) is 9.97 Å². The molecule has 0 aliphatic rings. The lowest BCUT2D eigenvalue weighted by Gasteiger charge is -2.05. The van der Waals surface area contributed by atoms with E-state index in [-0.39, 0.29) is 0 Å². The zero-order valence-electron chi connectivity index (χ0n) is 9.31. The molecule has 0 radical (unpaired) electrons. The minimum atomic E-state index is 0.342. The van der Waals surface area contributed by atoms with Crippen LogP contribution in [0.2, 0.25) is 5.15 Å². The number of ether oxygens (including phenoxy) is 1. The van der Waals surface area contributed by atoms with Crippen LogP contribution in [0.15, 0.2) is 17.6 Å². The molecule has 2 heterocycles. The number of halogens is 1. The van der Waals surface area contributed by atoms with Gasteiger partial charge >= 0.3 is 0 Å². The Balaban J connectivity index is 1.92. The molecule has 2 N–H and O–H groups in total. The molecule has 2 aromatic heterocycles. The monoisotopic (exact) mass is 269 g/mol. The van der Waals surface area contributed by atoms with Crippen molar-refractivity contribution in [3.63, 3.8) is 0 Å². The van der Waals surface area contributed by atoms with Crippen LogP contribution in [0.1, 0.15) is 10.6 Å². The van der Waals surface area contributed by atoms with Gasteiger partial charge in [-0.2, -0.15) is 0 Å². The first-order valence-electron chi connectivity index (χ1n) is 5.10. The van der Waals surface area contributed by atoms with Crippen LogP contribution in [-0.2, 0) is 6.42 Å². The summed E-state index contributed by atoms with van der Waals surface area (Å²) in [4.78, 5) is 9.43. The number of nitrogens with two attached hydrogens (primary N) is 1. The Kier molecular flexibility index (Phi) is 3.81. The lowest BCUT2D eigenvalue weighted by atomic mass is 10.3. The molecular formula is C11H12ClN3OS. The predicted octanol–water partition coefficient (Wildman–Crippen LogP) is 2.70. The molecule has 0 spiro atoms. The van der Waals surface area contributed by atoms with Crippen molar-refractivity contribution in [2.75, 3.05) is 12.3 Å². The van der Waals surface area contributed by atoms with Crippen molar-refractivity contribution in [2.24, 2.45) is 0 Å². The molecule has 0 saturated heterocycles. The summed E-state index contributed by atoms with van der Waals surface area (Å²) in [5.41, 5.74) is 9.07. The highest BCUT2D eigenvalue weighted by molar-refractivity contribution is 7.09. The standard InChI is InChI=1S/C11H12ClN3OS/c1-7-9(17-6-14-7)2-3-16-11-5-8(13)4-10(12)15-11/h4-6H,2-3H2,1H3,(H2,13,15). The quantitative estimate of drug-likeness (QED) is 0.867. The number of aryl methyl sites for hydroxylation is 1. The Morgan fingerprint density at radius 3 is 2.94 bits per heavy atom. The Bertz CT molecular complexity index is 495. The second-order valence-corrected chi connectivity index (χ2v) is 4.85. The van der Waals surface area contributed by atoms with E-state index >= 15 is 0 Å². The van der Waals surface area contributed by atoms with Crippen LogP contribution in [-0.4, -0.2) is 16.6 Å². The van der Waals surface area contributed by atoms with Gasteiger partial charge in [0.1, 0.15) is 5.15 Å². The number of nitrogens with zero attached hydrogens (tertiary/aromatic N) is 2. The third kappa shape index (κ3) is 3.31. The molecule has 0 saturated carbocycles. The molecule has 0 aliphatic carbocycles. The number of hydrogen-bond donors (Lipinski definition) is 1. The number of thiazole rings is 1. The second kappa shape index (κ2) is 5.33. The summed E-state index contributed by atoms with van der Waals surface area (Å²) in [6.07, 6.45) is 0.810. The van der Waals surface area contributed by atoms with E-state index in [1.807, 2.05) is 12.4 Å². The number of pyridine rings is 1. The zero-order chi connectivity index (χ0) is 12.3. The lowest BCUT2D eigenvalue weighted by molar-refractivity contribution is 0.310.